The predicted octanol–water partition coefficient (Wildman–Crippen LogP) is 3.32. The number of pyridine rings is 1. The van der Waals surface area contributed by atoms with Crippen LogP contribution in [-0.2, 0) is 12.4 Å². The Bertz CT molecular complexity index is 768. The van der Waals surface area contributed by atoms with Crippen molar-refractivity contribution in [3.63, 3.8) is 0 Å². The highest BCUT2D eigenvalue weighted by atomic mass is 35.5. The van der Waals surface area contributed by atoms with Crippen LogP contribution in [0.5, 0.6) is 0 Å². The lowest BCUT2D eigenvalue weighted by Crippen LogP contribution is -2.23. The van der Waals surface area contributed by atoms with Crippen LogP contribution in [0.4, 0.5) is 26.3 Å². The molecule has 0 atom stereocenters. The minimum Gasteiger partial charge on any atom is -0.269 e. The molecule has 0 saturated carbocycles. The van der Waals surface area contributed by atoms with Crippen LogP contribution in [0.1, 0.15) is 11.3 Å². The van der Waals surface area contributed by atoms with Gasteiger partial charge in [0.2, 0.25) is 0 Å². The molecule has 0 unspecified atom stereocenters. The molecule has 0 aliphatic rings. The molecule has 11 heteroatoms. The Morgan fingerprint density at radius 1 is 1.00 bits per heavy atom. The highest BCUT2D eigenvalue weighted by molar-refractivity contribution is 6.32. The standard InChI is InChI=1S/C11H4ClF6N3O/c12-6-1-5(10(13,14)15)3-19-9(6)21-4-20-7(2-8(21)22)11(16,17)18/h1-4H. The molecule has 2 heterocycles. The molecule has 0 amide bonds. The lowest BCUT2D eigenvalue weighted by atomic mass is 10.2. The van der Waals surface area contributed by atoms with Gasteiger partial charge in [-0.25, -0.2) is 14.5 Å². The molecule has 0 N–H and O–H groups in total. The van der Waals surface area contributed by atoms with E-state index in [0.717, 1.165) is 0 Å². The lowest BCUT2D eigenvalue weighted by Gasteiger charge is -2.11. The summed E-state index contributed by atoms with van der Waals surface area (Å²) < 4.78 is 75.1. The summed E-state index contributed by atoms with van der Waals surface area (Å²) >= 11 is 5.60. The first-order valence-corrected chi connectivity index (χ1v) is 5.77. The van der Waals surface area contributed by atoms with E-state index < -0.39 is 40.0 Å². The zero-order chi connectivity index (χ0) is 16.7. The van der Waals surface area contributed by atoms with E-state index in [2.05, 4.69) is 9.97 Å². The number of rotatable bonds is 1. The lowest BCUT2D eigenvalue weighted by molar-refractivity contribution is -0.141. The van der Waals surface area contributed by atoms with E-state index in [1.54, 1.807) is 0 Å². The minimum atomic E-state index is -4.82. The fourth-order valence-corrected chi connectivity index (χ4v) is 1.74. The van der Waals surface area contributed by atoms with Gasteiger partial charge in [-0.05, 0) is 6.07 Å². The highest BCUT2D eigenvalue weighted by Crippen LogP contribution is 2.32. The molecular weight excluding hydrogens is 340 g/mol. The molecule has 0 aromatic carbocycles. The van der Waals surface area contributed by atoms with Crippen molar-refractivity contribution in [2.45, 2.75) is 12.4 Å². The number of halogens is 7. The summed E-state index contributed by atoms with van der Waals surface area (Å²) in [5.41, 5.74) is -3.78. The molecule has 0 spiro atoms. The van der Waals surface area contributed by atoms with E-state index in [1.807, 2.05) is 0 Å². The summed E-state index contributed by atoms with van der Waals surface area (Å²) in [6.45, 7) is 0. The second-order valence-corrected chi connectivity index (χ2v) is 4.41. The van der Waals surface area contributed by atoms with Crippen molar-refractivity contribution in [2.24, 2.45) is 0 Å². The molecule has 0 saturated heterocycles. The van der Waals surface area contributed by atoms with E-state index >= 15 is 0 Å². The molecule has 0 aliphatic carbocycles. The number of alkyl halides is 6. The van der Waals surface area contributed by atoms with Crippen molar-refractivity contribution in [1.29, 1.82) is 0 Å². The van der Waals surface area contributed by atoms with Gasteiger partial charge in [0, 0.05) is 12.3 Å². The molecule has 118 valence electrons. The van der Waals surface area contributed by atoms with Crippen LogP contribution in [0, 0.1) is 0 Å². The van der Waals surface area contributed by atoms with Crippen LogP contribution < -0.4 is 5.56 Å². The Morgan fingerprint density at radius 3 is 2.09 bits per heavy atom. The Labute approximate surface area is 123 Å². The average Bonchev–Trinajstić information content (AvgIpc) is 2.37. The predicted molar refractivity (Wildman–Crippen MR) is 62.6 cm³/mol. The molecule has 0 radical (unpaired) electrons. The minimum absolute atomic E-state index is 0.190. The van der Waals surface area contributed by atoms with Crippen molar-refractivity contribution in [3.8, 4) is 5.82 Å². The van der Waals surface area contributed by atoms with E-state index in [-0.39, 0.29) is 6.07 Å². The van der Waals surface area contributed by atoms with Crippen LogP contribution in [0.3, 0.4) is 0 Å². The van der Waals surface area contributed by atoms with Crippen LogP contribution in [-0.4, -0.2) is 14.5 Å². The first kappa shape index (κ1) is 16.3. The molecule has 0 fully saturated rings. The fraction of sp³-hybridized carbons (Fsp3) is 0.182. The average molecular weight is 344 g/mol. The van der Waals surface area contributed by atoms with E-state index in [4.69, 9.17) is 11.6 Å². The zero-order valence-corrected chi connectivity index (χ0v) is 11.0. The zero-order valence-electron chi connectivity index (χ0n) is 10.2. The molecule has 4 nitrogen and oxygen atoms in total. The van der Waals surface area contributed by atoms with Crippen LogP contribution >= 0.6 is 11.6 Å². The maximum atomic E-state index is 12.5. The van der Waals surface area contributed by atoms with Crippen LogP contribution in [0.15, 0.2) is 29.5 Å². The molecule has 22 heavy (non-hydrogen) atoms. The Hall–Kier alpha value is -2.10. The SMILES string of the molecule is O=c1cc(C(F)(F)F)ncn1-c1ncc(C(F)(F)F)cc1Cl. The molecule has 2 aromatic rings. The van der Waals surface area contributed by atoms with Crippen molar-refractivity contribution in [2.75, 3.05) is 0 Å². The van der Waals surface area contributed by atoms with E-state index in [9.17, 15) is 31.1 Å². The Morgan fingerprint density at radius 2 is 1.64 bits per heavy atom. The normalized spacial score (nSPS) is 12.5. The van der Waals surface area contributed by atoms with E-state index in [0.29, 0.717) is 23.2 Å². The van der Waals surface area contributed by atoms with Crippen LogP contribution in [0.2, 0.25) is 5.02 Å². The van der Waals surface area contributed by atoms with Crippen molar-refractivity contribution in [1.82, 2.24) is 14.5 Å². The van der Waals surface area contributed by atoms with Gasteiger partial charge in [0.05, 0.1) is 10.6 Å². The maximum Gasteiger partial charge on any atom is 0.433 e. The second-order valence-electron chi connectivity index (χ2n) is 4.01. The quantitative estimate of drug-likeness (QED) is 0.746. The second kappa shape index (κ2) is 5.27. The van der Waals surface area contributed by atoms with Gasteiger partial charge >= 0.3 is 12.4 Å². The number of nitrogens with zero attached hydrogens (tertiary/aromatic N) is 3. The fourth-order valence-electron chi connectivity index (χ4n) is 1.48. The number of hydrogen-bond acceptors (Lipinski definition) is 3. The molecule has 2 rings (SSSR count). The summed E-state index contributed by atoms with van der Waals surface area (Å²) in [6, 6.07) is 0.698. The third-order valence-corrected chi connectivity index (χ3v) is 2.76. The number of aromatic nitrogens is 3. The molecule has 2 aromatic heterocycles. The third kappa shape index (κ3) is 3.21. The van der Waals surface area contributed by atoms with Crippen molar-refractivity contribution < 1.29 is 26.3 Å². The molecular formula is C11H4ClF6N3O. The smallest absolute Gasteiger partial charge is 0.269 e. The summed E-state index contributed by atoms with van der Waals surface area (Å²) in [4.78, 5) is 18.0. The maximum absolute atomic E-state index is 12.5. The van der Waals surface area contributed by atoms with Crippen LogP contribution in [0.25, 0.3) is 5.82 Å². The summed E-state index contributed by atoms with van der Waals surface area (Å²) in [5, 5.41) is -0.557. The van der Waals surface area contributed by atoms with Gasteiger partial charge in [0.15, 0.2) is 11.5 Å². The first-order chi connectivity index (χ1) is 10.00. The van der Waals surface area contributed by atoms with Gasteiger partial charge in [-0.1, -0.05) is 11.6 Å². The summed E-state index contributed by atoms with van der Waals surface area (Å²) in [6.07, 6.45) is -8.62. The van der Waals surface area contributed by atoms with Gasteiger partial charge in [0.1, 0.15) is 6.33 Å². The third-order valence-electron chi connectivity index (χ3n) is 2.48. The number of hydrogen-bond donors (Lipinski definition) is 0. The van der Waals surface area contributed by atoms with Gasteiger partial charge in [-0.2, -0.15) is 26.3 Å². The van der Waals surface area contributed by atoms with Gasteiger partial charge < -0.3 is 0 Å². The van der Waals surface area contributed by atoms with Gasteiger partial charge in [-0.3, -0.25) is 4.79 Å². The summed E-state index contributed by atoms with van der Waals surface area (Å²) in [7, 11) is 0. The van der Waals surface area contributed by atoms with E-state index in [1.165, 1.54) is 0 Å². The van der Waals surface area contributed by atoms with Crippen molar-refractivity contribution >= 4 is 11.6 Å². The van der Waals surface area contributed by atoms with Crippen molar-refractivity contribution in [3.05, 3.63) is 51.3 Å². The van der Waals surface area contributed by atoms with Gasteiger partial charge in [-0.15, -0.1) is 0 Å². The Balaban J connectivity index is 2.52. The topological polar surface area (TPSA) is 47.8 Å². The first-order valence-electron chi connectivity index (χ1n) is 5.39. The Kier molecular flexibility index (Phi) is 3.90. The van der Waals surface area contributed by atoms with Gasteiger partial charge in [0.25, 0.3) is 5.56 Å². The largest absolute Gasteiger partial charge is 0.433 e. The molecule has 0 bridgehead atoms. The molecule has 0 aliphatic heterocycles. The summed E-state index contributed by atoms with van der Waals surface area (Å²) in [5.74, 6) is -0.458. The monoisotopic (exact) mass is 343 g/mol. The highest BCUT2D eigenvalue weighted by Gasteiger charge is 2.34.